The maximum atomic E-state index is 4.72. The Balaban J connectivity index is 1.10. The number of hydrogen-bond acceptors (Lipinski definition) is 1. The van der Waals surface area contributed by atoms with Crippen molar-refractivity contribution in [2.45, 2.75) is 44.4 Å². The molecule has 1 unspecified atom stereocenters. The number of aryl methyl sites for hydroxylation is 1. The Labute approximate surface area is 332 Å². The summed E-state index contributed by atoms with van der Waals surface area (Å²) in [4.78, 5) is 2.33. The predicted octanol–water partition coefficient (Wildman–Crippen LogP) is 14.5. The van der Waals surface area contributed by atoms with E-state index in [1.165, 1.54) is 66.8 Å². The van der Waals surface area contributed by atoms with E-state index < -0.39 is 0 Å². The molecule has 0 aromatic heterocycles. The average molecular weight is 722 g/mol. The second-order valence-corrected chi connectivity index (χ2v) is 15.8. The summed E-state index contributed by atoms with van der Waals surface area (Å²) >= 11 is 0. The van der Waals surface area contributed by atoms with Gasteiger partial charge in [-0.15, -0.1) is 0 Å². The van der Waals surface area contributed by atoms with Gasteiger partial charge in [-0.05, 0) is 110 Å². The molecular weight excluding hydrogens is 675 g/mol. The van der Waals surface area contributed by atoms with Gasteiger partial charge in [0.2, 0.25) is 0 Å². The number of allylic oxidation sites excluding steroid dienone is 8. The fourth-order valence-electron chi connectivity index (χ4n) is 8.77. The lowest BCUT2D eigenvalue weighted by molar-refractivity contribution is 0.683. The van der Waals surface area contributed by atoms with E-state index in [0.29, 0.717) is 5.92 Å². The van der Waals surface area contributed by atoms with Crippen molar-refractivity contribution in [3.8, 4) is 33.4 Å². The lowest BCUT2D eigenvalue weighted by Gasteiger charge is -2.30. The second kappa shape index (κ2) is 15.0. The van der Waals surface area contributed by atoms with E-state index in [1.54, 1.807) is 0 Å². The van der Waals surface area contributed by atoms with E-state index in [2.05, 4.69) is 213 Å². The van der Waals surface area contributed by atoms with Gasteiger partial charge in [0.1, 0.15) is 0 Å². The Morgan fingerprint density at radius 1 is 0.679 bits per heavy atom. The number of anilines is 1. The highest BCUT2D eigenvalue weighted by molar-refractivity contribution is 5.89. The summed E-state index contributed by atoms with van der Waals surface area (Å²) in [6, 6.07) is 53.1. The Hall–Kier alpha value is -6.44. The highest BCUT2D eigenvalue weighted by Gasteiger charge is 2.28. The third-order valence-corrected chi connectivity index (χ3v) is 11.7. The van der Waals surface area contributed by atoms with Crippen LogP contribution in [-0.2, 0) is 11.8 Å². The van der Waals surface area contributed by atoms with Gasteiger partial charge in [0.15, 0.2) is 0 Å². The minimum atomic E-state index is -0.0193. The number of nitrogens with zero attached hydrogens (tertiary/aromatic N) is 1. The Kier molecular flexibility index (Phi) is 9.45. The zero-order valence-corrected chi connectivity index (χ0v) is 32.3. The molecule has 1 nitrogen and oxygen atoms in total. The molecule has 0 saturated heterocycles. The van der Waals surface area contributed by atoms with Crippen molar-refractivity contribution < 1.29 is 0 Å². The van der Waals surface area contributed by atoms with Gasteiger partial charge in [-0.2, -0.15) is 0 Å². The fraction of sp³-hybridized carbons (Fsp3) is 0.127. The maximum absolute atomic E-state index is 4.72. The standard InChI is InChI=1S/C55H47N/c1-39(25-26-46-38-55(2,3)54-24-13-12-22-52(46)54)56(47-33-31-41(32-34-47)40-15-6-4-7-16-40)48-35-36-51(53(37-48)43-17-8-5-9-18-43)45-29-27-44(28-30-45)50-23-14-20-42-19-10-11-21-49(42)50/h4-9,11-18,20-31,33-38,41H,1,10,19,32H2,2-3H3/b26-25-. The highest BCUT2D eigenvalue weighted by Crippen LogP contribution is 2.43. The molecule has 9 rings (SSSR count). The van der Waals surface area contributed by atoms with Crippen molar-refractivity contribution in [3.63, 3.8) is 0 Å². The first-order chi connectivity index (χ1) is 27.4. The SMILES string of the molecule is C=C(/C=C\C1=CC(C)(C)c2ccccc21)N(C1=CCC(c2ccccc2)C=C1)c1ccc(-c2ccc(-c3cccc4c3C=CCC4)cc2)c(-c2ccccc2)c1. The number of hydrogen-bond donors (Lipinski definition) is 0. The van der Waals surface area contributed by atoms with E-state index in [-0.39, 0.29) is 5.41 Å². The zero-order chi connectivity index (χ0) is 38.1. The summed E-state index contributed by atoms with van der Waals surface area (Å²) in [5.74, 6) is 0.343. The van der Waals surface area contributed by atoms with Crippen LogP contribution in [0.15, 0.2) is 206 Å². The Morgan fingerprint density at radius 2 is 1.38 bits per heavy atom. The molecule has 0 heterocycles. The van der Waals surface area contributed by atoms with E-state index in [4.69, 9.17) is 6.58 Å². The van der Waals surface area contributed by atoms with Gasteiger partial charge in [0.25, 0.3) is 0 Å². The van der Waals surface area contributed by atoms with Crippen LogP contribution >= 0.6 is 0 Å². The molecule has 0 aliphatic heterocycles. The molecule has 6 aromatic carbocycles. The molecule has 1 atom stereocenters. The van der Waals surface area contributed by atoms with Crippen LogP contribution in [0.5, 0.6) is 0 Å². The predicted molar refractivity (Wildman–Crippen MR) is 239 cm³/mol. The van der Waals surface area contributed by atoms with Crippen molar-refractivity contribution in [3.05, 3.63) is 234 Å². The minimum Gasteiger partial charge on any atom is -0.311 e. The monoisotopic (exact) mass is 721 g/mol. The first-order valence-electron chi connectivity index (χ1n) is 19.9. The van der Waals surface area contributed by atoms with Gasteiger partial charge in [0, 0.05) is 28.4 Å². The van der Waals surface area contributed by atoms with E-state index in [1.807, 2.05) is 0 Å². The quantitative estimate of drug-likeness (QED) is 0.134. The molecule has 272 valence electrons. The Morgan fingerprint density at radius 3 is 2.14 bits per heavy atom. The molecule has 6 aromatic rings. The molecule has 3 aliphatic carbocycles. The van der Waals surface area contributed by atoms with Crippen LogP contribution < -0.4 is 4.90 Å². The molecule has 3 aliphatic rings. The second-order valence-electron chi connectivity index (χ2n) is 15.8. The smallest absolute Gasteiger partial charge is 0.0467 e. The summed E-state index contributed by atoms with van der Waals surface area (Å²) in [6.07, 6.45) is 21.6. The fourth-order valence-corrected chi connectivity index (χ4v) is 8.77. The molecule has 0 amide bonds. The van der Waals surface area contributed by atoms with Crippen LogP contribution in [0.4, 0.5) is 5.69 Å². The molecule has 0 N–H and O–H groups in total. The molecule has 1 heteroatoms. The Bertz CT molecular complexity index is 2570. The van der Waals surface area contributed by atoms with Gasteiger partial charge in [-0.1, -0.05) is 190 Å². The topological polar surface area (TPSA) is 3.24 Å². The molecule has 0 saturated carbocycles. The van der Waals surface area contributed by atoms with E-state index >= 15 is 0 Å². The lowest BCUT2D eigenvalue weighted by Crippen LogP contribution is -2.21. The molecule has 0 fully saturated rings. The summed E-state index contributed by atoms with van der Waals surface area (Å²) in [7, 11) is 0. The van der Waals surface area contributed by atoms with Crippen molar-refractivity contribution >= 4 is 17.3 Å². The number of benzene rings is 6. The van der Waals surface area contributed by atoms with Crippen LogP contribution in [0.25, 0.3) is 45.0 Å². The van der Waals surface area contributed by atoms with Crippen molar-refractivity contribution in [2.75, 3.05) is 4.90 Å². The largest absolute Gasteiger partial charge is 0.311 e. The first-order valence-corrected chi connectivity index (χ1v) is 19.9. The van der Waals surface area contributed by atoms with Crippen LogP contribution in [0.3, 0.4) is 0 Å². The van der Waals surface area contributed by atoms with Gasteiger partial charge in [-0.3, -0.25) is 0 Å². The third-order valence-electron chi connectivity index (χ3n) is 11.7. The number of rotatable bonds is 9. The van der Waals surface area contributed by atoms with Crippen molar-refractivity contribution in [1.82, 2.24) is 0 Å². The average Bonchev–Trinajstić information content (AvgIpc) is 3.52. The maximum Gasteiger partial charge on any atom is 0.0467 e. The van der Waals surface area contributed by atoms with Gasteiger partial charge >= 0.3 is 0 Å². The molecular formula is C55H47N. The van der Waals surface area contributed by atoms with Crippen molar-refractivity contribution in [1.29, 1.82) is 0 Å². The zero-order valence-electron chi connectivity index (χ0n) is 32.3. The summed E-state index contributed by atoms with van der Waals surface area (Å²) in [5, 5.41) is 0. The molecule has 0 radical (unpaired) electrons. The number of fused-ring (bicyclic) bond motifs is 2. The summed E-state index contributed by atoms with van der Waals surface area (Å²) in [5.41, 5.74) is 18.4. The van der Waals surface area contributed by atoms with Gasteiger partial charge in [-0.25, -0.2) is 0 Å². The molecule has 0 bridgehead atoms. The van der Waals surface area contributed by atoms with Gasteiger partial charge < -0.3 is 4.90 Å². The normalized spacial score (nSPS) is 16.6. The first kappa shape index (κ1) is 35.3. The third kappa shape index (κ3) is 6.86. The summed E-state index contributed by atoms with van der Waals surface area (Å²) < 4.78 is 0. The van der Waals surface area contributed by atoms with Crippen molar-refractivity contribution in [2.24, 2.45) is 0 Å². The molecule has 0 spiro atoms. The minimum absolute atomic E-state index is 0.0193. The van der Waals surface area contributed by atoms with E-state index in [9.17, 15) is 0 Å². The molecule has 56 heavy (non-hydrogen) atoms. The van der Waals surface area contributed by atoms with Gasteiger partial charge in [0.05, 0.1) is 0 Å². The lowest BCUT2D eigenvalue weighted by atomic mass is 9.87. The van der Waals surface area contributed by atoms with Crippen LogP contribution in [0, 0.1) is 0 Å². The van der Waals surface area contributed by atoms with Crippen LogP contribution in [0.1, 0.15) is 60.4 Å². The van der Waals surface area contributed by atoms with Crippen LogP contribution in [-0.4, -0.2) is 0 Å². The highest BCUT2D eigenvalue weighted by atomic mass is 15.1. The van der Waals surface area contributed by atoms with Crippen LogP contribution in [0.2, 0.25) is 0 Å². The van der Waals surface area contributed by atoms with E-state index in [0.717, 1.165) is 36.3 Å². The summed E-state index contributed by atoms with van der Waals surface area (Å²) in [6.45, 7) is 9.31.